The molecule has 3 N–H and O–H groups in total. The molecule has 0 aromatic rings. The lowest BCUT2D eigenvalue weighted by Crippen LogP contribution is -2.57. The number of carbonyl (C=O) groups excluding carboxylic acids is 2. The van der Waals surface area contributed by atoms with Crippen LogP contribution in [0.5, 0.6) is 0 Å². The molecule has 6 nitrogen and oxygen atoms in total. The lowest BCUT2D eigenvalue weighted by atomic mass is 9.88. The molecule has 0 bridgehead atoms. The molecule has 6 heteroatoms. The zero-order valence-corrected chi connectivity index (χ0v) is 20.7. The molecule has 0 spiro atoms. The number of aliphatic hydroxyl groups is 1. The van der Waals surface area contributed by atoms with Crippen LogP contribution in [0, 0.1) is 0 Å². The van der Waals surface area contributed by atoms with Crippen molar-refractivity contribution < 1.29 is 24.2 Å². The summed E-state index contributed by atoms with van der Waals surface area (Å²) in [6.45, 7) is 8.92. The highest BCUT2D eigenvalue weighted by Gasteiger charge is 2.46. The minimum atomic E-state index is -1.47. The van der Waals surface area contributed by atoms with Gasteiger partial charge in [-0.15, -0.1) is 0 Å². The van der Waals surface area contributed by atoms with Crippen molar-refractivity contribution in [2.45, 2.75) is 122 Å². The van der Waals surface area contributed by atoms with Gasteiger partial charge in [-0.2, -0.15) is 0 Å². The second kappa shape index (κ2) is 18.9. The first-order chi connectivity index (χ1) is 15.3. The smallest absolute Gasteiger partial charge is 0.330 e. The summed E-state index contributed by atoms with van der Waals surface area (Å²) in [6, 6.07) is 0. The number of unbranched alkanes of at least 4 members (excludes halogenated alkanes) is 9. The van der Waals surface area contributed by atoms with E-state index in [-0.39, 0.29) is 13.0 Å². The van der Waals surface area contributed by atoms with Gasteiger partial charge in [-0.3, -0.25) is 4.79 Å². The van der Waals surface area contributed by atoms with E-state index in [9.17, 15) is 14.7 Å². The third-order valence-corrected chi connectivity index (χ3v) is 5.70. The normalized spacial score (nSPS) is 15.2. The van der Waals surface area contributed by atoms with E-state index in [0.717, 1.165) is 38.2 Å². The summed E-state index contributed by atoms with van der Waals surface area (Å²) in [4.78, 5) is 24.2. The zero-order chi connectivity index (χ0) is 24.2. The SMILES string of the molecule is C=CC(=O)OC(CCCCC/C=C\CCCCCCCC)C(CC)(OCC(C)O)C(N)=O. The molecule has 0 saturated heterocycles. The molecule has 0 aliphatic carbocycles. The predicted octanol–water partition coefficient (Wildman–Crippen LogP) is 5.37. The van der Waals surface area contributed by atoms with Gasteiger partial charge in [-0.1, -0.05) is 71.1 Å². The van der Waals surface area contributed by atoms with Crippen LogP contribution in [-0.4, -0.2) is 41.4 Å². The van der Waals surface area contributed by atoms with Crippen LogP contribution >= 0.6 is 0 Å². The molecule has 0 aliphatic heterocycles. The lowest BCUT2D eigenvalue weighted by molar-refractivity contribution is -0.184. The number of allylic oxidation sites excluding steroid dienone is 2. The lowest BCUT2D eigenvalue weighted by Gasteiger charge is -2.37. The standard InChI is InChI=1S/C26H47NO5/c1-5-8-9-10-11-12-13-14-15-16-17-18-19-20-23(32-24(29)6-2)26(7-3,25(27)30)31-21-22(4)28/h6,14-15,22-23,28H,2,5,7-13,16-21H2,1,3-4H3,(H2,27,30)/b15-14-. The third kappa shape index (κ3) is 13.0. The Hall–Kier alpha value is -1.66. The quantitative estimate of drug-likeness (QED) is 0.105. The number of aliphatic hydroxyl groups excluding tert-OH is 1. The van der Waals surface area contributed by atoms with E-state index in [2.05, 4.69) is 25.7 Å². The van der Waals surface area contributed by atoms with Crippen LogP contribution in [0.3, 0.4) is 0 Å². The first-order valence-electron chi connectivity index (χ1n) is 12.4. The summed E-state index contributed by atoms with van der Waals surface area (Å²) in [5.41, 5.74) is 4.19. The Balaban J connectivity index is 4.53. The van der Waals surface area contributed by atoms with E-state index in [1.807, 2.05) is 0 Å². The molecule has 0 saturated carbocycles. The van der Waals surface area contributed by atoms with Crippen molar-refractivity contribution in [2.75, 3.05) is 6.61 Å². The average molecular weight is 454 g/mol. The first kappa shape index (κ1) is 30.3. The van der Waals surface area contributed by atoms with Gasteiger partial charge in [-0.05, 0) is 51.9 Å². The van der Waals surface area contributed by atoms with E-state index in [1.165, 1.54) is 38.5 Å². The molecule has 1 amide bonds. The van der Waals surface area contributed by atoms with Crippen molar-refractivity contribution in [3.05, 3.63) is 24.8 Å². The van der Waals surface area contributed by atoms with Gasteiger partial charge >= 0.3 is 5.97 Å². The summed E-state index contributed by atoms with van der Waals surface area (Å²) in [7, 11) is 0. The third-order valence-electron chi connectivity index (χ3n) is 5.70. The van der Waals surface area contributed by atoms with Gasteiger partial charge in [0.1, 0.15) is 6.10 Å². The topological polar surface area (TPSA) is 98.8 Å². The molecular formula is C26H47NO5. The number of carbonyl (C=O) groups is 2. The molecule has 3 unspecified atom stereocenters. The molecule has 0 aromatic heterocycles. The van der Waals surface area contributed by atoms with E-state index in [0.29, 0.717) is 6.42 Å². The fourth-order valence-electron chi connectivity index (χ4n) is 3.72. The molecular weight excluding hydrogens is 406 g/mol. The van der Waals surface area contributed by atoms with Gasteiger partial charge in [0.15, 0.2) is 5.60 Å². The van der Waals surface area contributed by atoms with Gasteiger partial charge in [0, 0.05) is 6.08 Å². The highest BCUT2D eigenvalue weighted by Crippen LogP contribution is 2.28. The second-order valence-corrected chi connectivity index (χ2v) is 8.56. The molecule has 0 aromatic carbocycles. The second-order valence-electron chi connectivity index (χ2n) is 8.56. The Morgan fingerprint density at radius 1 is 1.00 bits per heavy atom. The van der Waals surface area contributed by atoms with E-state index >= 15 is 0 Å². The molecule has 3 atom stereocenters. The van der Waals surface area contributed by atoms with Crippen molar-refractivity contribution >= 4 is 11.9 Å². The van der Waals surface area contributed by atoms with Gasteiger partial charge in [-0.25, -0.2) is 4.79 Å². The van der Waals surface area contributed by atoms with E-state index in [1.54, 1.807) is 13.8 Å². The Morgan fingerprint density at radius 3 is 2.06 bits per heavy atom. The molecule has 0 fully saturated rings. The highest BCUT2D eigenvalue weighted by molar-refractivity contribution is 5.86. The number of esters is 1. The number of amides is 1. The molecule has 0 rings (SSSR count). The van der Waals surface area contributed by atoms with Crippen molar-refractivity contribution in [1.82, 2.24) is 0 Å². The van der Waals surface area contributed by atoms with Crippen LogP contribution in [-0.2, 0) is 19.1 Å². The summed E-state index contributed by atoms with van der Waals surface area (Å²) in [5, 5.41) is 9.59. The zero-order valence-electron chi connectivity index (χ0n) is 20.7. The van der Waals surface area contributed by atoms with E-state index in [4.69, 9.17) is 15.2 Å². The van der Waals surface area contributed by atoms with E-state index < -0.39 is 29.7 Å². The maximum absolute atomic E-state index is 12.3. The molecule has 0 aliphatic rings. The minimum Gasteiger partial charge on any atom is -0.456 e. The first-order valence-corrected chi connectivity index (χ1v) is 12.4. The molecule has 32 heavy (non-hydrogen) atoms. The van der Waals surface area contributed by atoms with Crippen LogP contribution < -0.4 is 5.73 Å². The largest absolute Gasteiger partial charge is 0.456 e. The minimum absolute atomic E-state index is 0.0671. The van der Waals surface area contributed by atoms with Crippen molar-refractivity contribution in [1.29, 1.82) is 0 Å². The number of hydrogen-bond acceptors (Lipinski definition) is 5. The summed E-state index contributed by atoms with van der Waals surface area (Å²) in [6.07, 6.45) is 17.5. The fourth-order valence-corrected chi connectivity index (χ4v) is 3.72. The van der Waals surface area contributed by atoms with Gasteiger partial charge < -0.3 is 20.3 Å². The number of primary amides is 1. The number of nitrogens with two attached hydrogens (primary N) is 1. The monoisotopic (exact) mass is 453 g/mol. The van der Waals surface area contributed by atoms with Crippen LogP contribution in [0.1, 0.15) is 104 Å². The highest BCUT2D eigenvalue weighted by atomic mass is 16.6. The van der Waals surface area contributed by atoms with Crippen LogP contribution in [0.4, 0.5) is 0 Å². The summed E-state index contributed by atoms with van der Waals surface area (Å²) < 4.78 is 11.2. The van der Waals surface area contributed by atoms with Gasteiger partial charge in [0.05, 0.1) is 12.7 Å². The van der Waals surface area contributed by atoms with Gasteiger partial charge in [0.2, 0.25) is 0 Å². The number of ether oxygens (including phenoxy) is 2. The number of hydrogen-bond donors (Lipinski definition) is 2. The summed E-state index contributed by atoms with van der Waals surface area (Å²) >= 11 is 0. The molecule has 0 heterocycles. The maximum Gasteiger partial charge on any atom is 0.330 e. The fraction of sp³-hybridized carbons (Fsp3) is 0.769. The Labute approximate surface area is 195 Å². The predicted molar refractivity (Wildman–Crippen MR) is 130 cm³/mol. The van der Waals surface area contributed by atoms with Crippen LogP contribution in [0.2, 0.25) is 0 Å². The Bertz CT molecular complexity index is 546. The maximum atomic E-state index is 12.3. The van der Waals surface area contributed by atoms with Gasteiger partial charge in [0.25, 0.3) is 5.91 Å². The average Bonchev–Trinajstić information content (AvgIpc) is 2.76. The van der Waals surface area contributed by atoms with Crippen LogP contribution in [0.25, 0.3) is 0 Å². The van der Waals surface area contributed by atoms with Crippen LogP contribution in [0.15, 0.2) is 24.8 Å². The number of rotatable bonds is 21. The Morgan fingerprint density at radius 2 is 1.56 bits per heavy atom. The summed E-state index contributed by atoms with van der Waals surface area (Å²) in [5.74, 6) is -1.31. The molecule has 186 valence electrons. The van der Waals surface area contributed by atoms with Crippen molar-refractivity contribution in [2.24, 2.45) is 5.73 Å². The van der Waals surface area contributed by atoms with Crippen molar-refractivity contribution in [3.8, 4) is 0 Å². The molecule has 0 radical (unpaired) electrons. The Kier molecular flexibility index (Phi) is 17.9. The van der Waals surface area contributed by atoms with Crippen molar-refractivity contribution in [3.63, 3.8) is 0 Å².